The summed E-state index contributed by atoms with van der Waals surface area (Å²) in [6, 6.07) is 3.85. The van der Waals surface area contributed by atoms with Gasteiger partial charge in [0, 0.05) is 18.3 Å². The van der Waals surface area contributed by atoms with Crippen LogP contribution in [-0.4, -0.2) is 22.1 Å². The molecule has 1 fully saturated rings. The molecule has 1 aliphatic rings. The lowest BCUT2D eigenvalue weighted by molar-refractivity contribution is 0.0937. The molecule has 2 aromatic rings. The zero-order chi connectivity index (χ0) is 14.7. The summed E-state index contributed by atoms with van der Waals surface area (Å²) in [5.74, 6) is 1.25. The van der Waals surface area contributed by atoms with Crippen LogP contribution in [0.2, 0.25) is 0 Å². The Kier molecular flexibility index (Phi) is 3.85. The van der Waals surface area contributed by atoms with Crippen molar-refractivity contribution in [2.45, 2.75) is 38.6 Å². The lowest BCUT2D eigenvalue weighted by atomic mass is 10.2. The van der Waals surface area contributed by atoms with E-state index in [-0.39, 0.29) is 5.91 Å². The summed E-state index contributed by atoms with van der Waals surface area (Å²) in [4.78, 5) is 16.3. The van der Waals surface area contributed by atoms with E-state index in [0.717, 1.165) is 18.6 Å². The molecule has 0 spiro atoms. The van der Waals surface area contributed by atoms with E-state index in [1.54, 1.807) is 24.5 Å². The van der Waals surface area contributed by atoms with Crippen molar-refractivity contribution >= 4 is 17.4 Å². The standard InChI is InChI=1S/C15H18N4O2/c1-10-6-14(19-21-10)17-13-7-11(8-16-9-13)15(20)18-12-4-2-3-5-12/h6-9,12H,2-5H2,1H3,(H,17,19)(H,18,20). The molecule has 2 heterocycles. The van der Waals surface area contributed by atoms with Crippen molar-refractivity contribution < 1.29 is 9.32 Å². The van der Waals surface area contributed by atoms with Gasteiger partial charge in [0.1, 0.15) is 5.76 Å². The van der Waals surface area contributed by atoms with Gasteiger partial charge in [-0.15, -0.1) is 0 Å². The average Bonchev–Trinajstić information content (AvgIpc) is 3.11. The van der Waals surface area contributed by atoms with Crippen LogP contribution in [0, 0.1) is 6.92 Å². The van der Waals surface area contributed by atoms with Crippen molar-refractivity contribution in [3.63, 3.8) is 0 Å². The quantitative estimate of drug-likeness (QED) is 0.903. The van der Waals surface area contributed by atoms with Gasteiger partial charge in [0.2, 0.25) is 0 Å². The van der Waals surface area contributed by atoms with Gasteiger partial charge >= 0.3 is 0 Å². The summed E-state index contributed by atoms with van der Waals surface area (Å²) >= 11 is 0. The maximum Gasteiger partial charge on any atom is 0.253 e. The Bertz CT molecular complexity index is 632. The molecule has 2 aromatic heterocycles. The first-order valence-corrected chi connectivity index (χ1v) is 7.17. The zero-order valence-electron chi connectivity index (χ0n) is 11.9. The number of pyridine rings is 1. The predicted molar refractivity (Wildman–Crippen MR) is 78.5 cm³/mol. The summed E-state index contributed by atoms with van der Waals surface area (Å²) in [6.45, 7) is 1.82. The van der Waals surface area contributed by atoms with Crippen molar-refractivity contribution in [2.24, 2.45) is 0 Å². The Morgan fingerprint density at radius 2 is 2.10 bits per heavy atom. The first kappa shape index (κ1) is 13.6. The van der Waals surface area contributed by atoms with Crippen molar-refractivity contribution in [3.8, 4) is 0 Å². The van der Waals surface area contributed by atoms with Crippen molar-refractivity contribution in [3.05, 3.63) is 35.9 Å². The molecule has 0 unspecified atom stereocenters. The minimum absolute atomic E-state index is 0.0746. The number of carbonyl (C=O) groups is 1. The van der Waals surface area contributed by atoms with Crippen molar-refractivity contribution in [1.29, 1.82) is 0 Å². The summed E-state index contributed by atoms with van der Waals surface area (Å²) in [7, 11) is 0. The molecule has 6 heteroatoms. The number of aromatic nitrogens is 2. The Hall–Kier alpha value is -2.37. The third kappa shape index (κ3) is 3.39. The van der Waals surface area contributed by atoms with Gasteiger partial charge in [-0.2, -0.15) is 0 Å². The van der Waals surface area contributed by atoms with E-state index in [1.165, 1.54) is 12.8 Å². The van der Waals surface area contributed by atoms with Crippen LogP contribution in [0.3, 0.4) is 0 Å². The number of carbonyl (C=O) groups excluding carboxylic acids is 1. The fraction of sp³-hybridized carbons (Fsp3) is 0.400. The number of amides is 1. The van der Waals surface area contributed by atoms with Gasteiger partial charge < -0.3 is 15.2 Å². The minimum Gasteiger partial charge on any atom is -0.360 e. The van der Waals surface area contributed by atoms with Crippen LogP contribution in [0.1, 0.15) is 41.8 Å². The lowest BCUT2D eigenvalue weighted by Crippen LogP contribution is -2.32. The number of nitrogens with one attached hydrogen (secondary N) is 2. The molecule has 1 saturated carbocycles. The zero-order valence-corrected chi connectivity index (χ0v) is 11.9. The van der Waals surface area contributed by atoms with E-state index >= 15 is 0 Å². The van der Waals surface area contributed by atoms with Gasteiger partial charge in [0.25, 0.3) is 5.91 Å². The van der Waals surface area contributed by atoms with Gasteiger partial charge in [-0.3, -0.25) is 9.78 Å². The highest BCUT2D eigenvalue weighted by molar-refractivity contribution is 5.95. The van der Waals surface area contributed by atoms with Crippen LogP contribution in [0.5, 0.6) is 0 Å². The highest BCUT2D eigenvalue weighted by atomic mass is 16.5. The van der Waals surface area contributed by atoms with E-state index < -0.39 is 0 Å². The maximum atomic E-state index is 12.2. The molecule has 110 valence electrons. The minimum atomic E-state index is -0.0746. The second-order valence-corrected chi connectivity index (χ2v) is 5.36. The van der Waals surface area contributed by atoms with Crippen LogP contribution in [0.25, 0.3) is 0 Å². The molecule has 0 aromatic carbocycles. The van der Waals surface area contributed by atoms with Gasteiger partial charge in [0.15, 0.2) is 5.82 Å². The fourth-order valence-electron chi connectivity index (χ4n) is 2.54. The van der Waals surface area contributed by atoms with Crippen LogP contribution in [0.15, 0.2) is 29.0 Å². The van der Waals surface area contributed by atoms with Gasteiger partial charge in [-0.05, 0) is 25.8 Å². The fourth-order valence-corrected chi connectivity index (χ4v) is 2.54. The third-order valence-corrected chi connectivity index (χ3v) is 3.59. The van der Waals surface area contributed by atoms with E-state index in [9.17, 15) is 4.79 Å². The number of rotatable bonds is 4. The number of hydrogen-bond donors (Lipinski definition) is 2. The largest absolute Gasteiger partial charge is 0.360 e. The predicted octanol–water partition coefficient (Wildman–Crippen LogP) is 2.79. The first-order chi connectivity index (χ1) is 10.2. The average molecular weight is 286 g/mol. The molecule has 6 nitrogen and oxygen atoms in total. The lowest BCUT2D eigenvalue weighted by Gasteiger charge is -2.12. The van der Waals surface area contributed by atoms with E-state index in [2.05, 4.69) is 20.8 Å². The molecule has 0 aliphatic heterocycles. The van der Waals surface area contributed by atoms with E-state index in [4.69, 9.17) is 4.52 Å². The van der Waals surface area contributed by atoms with Crippen molar-refractivity contribution in [2.75, 3.05) is 5.32 Å². The normalized spacial score (nSPS) is 15.1. The number of nitrogens with zero attached hydrogens (tertiary/aromatic N) is 2. The summed E-state index contributed by atoms with van der Waals surface area (Å²) in [5.41, 5.74) is 1.26. The van der Waals surface area contributed by atoms with Crippen LogP contribution in [-0.2, 0) is 0 Å². The molecule has 0 bridgehead atoms. The van der Waals surface area contributed by atoms with Gasteiger partial charge in [0.05, 0.1) is 17.4 Å². The molecule has 0 saturated heterocycles. The second kappa shape index (κ2) is 5.95. The number of aryl methyl sites for hydroxylation is 1. The molecule has 3 rings (SSSR count). The highest BCUT2D eigenvalue weighted by Crippen LogP contribution is 2.19. The van der Waals surface area contributed by atoms with E-state index in [0.29, 0.717) is 23.1 Å². The summed E-state index contributed by atoms with van der Waals surface area (Å²) in [6.07, 6.45) is 7.73. The molecule has 1 amide bonds. The summed E-state index contributed by atoms with van der Waals surface area (Å²) in [5, 5.41) is 9.97. The molecular weight excluding hydrogens is 268 g/mol. The maximum absolute atomic E-state index is 12.2. The number of hydrogen-bond acceptors (Lipinski definition) is 5. The topological polar surface area (TPSA) is 80.0 Å². The van der Waals surface area contributed by atoms with Crippen molar-refractivity contribution in [1.82, 2.24) is 15.5 Å². The van der Waals surface area contributed by atoms with Gasteiger partial charge in [-0.1, -0.05) is 18.0 Å². The van der Waals surface area contributed by atoms with E-state index in [1.807, 2.05) is 6.92 Å². The molecule has 2 N–H and O–H groups in total. The first-order valence-electron chi connectivity index (χ1n) is 7.17. The Morgan fingerprint density at radius 3 is 2.81 bits per heavy atom. The Balaban J connectivity index is 1.68. The molecule has 0 atom stereocenters. The molecule has 21 heavy (non-hydrogen) atoms. The number of anilines is 2. The highest BCUT2D eigenvalue weighted by Gasteiger charge is 2.18. The van der Waals surface area contributed by atoms with Crippen LogP contribution in [0.4, 0.5) is 11.5 Å². The molecule has 1 aliphatic carbocycles. The smallest absolute Gasteiger partial charge is 0.253 e. The third-order valence-electron chi connectivity index (χ3n) is 3.59. The SMILES string of the molecule is Cc1cc(Nc2cncc(C(=O)NC3CCCC3)c2)no1. The Labute approximate surface area is 122 Å². The second-order valence-electron chi connectivity index (χ2n) is 5.36. The summed E-state index contributed by atoms with van der Waals surface area (Å²) < 4.78 is 4.99. The Morgan fingerprint density at radius 1 is 1.29 bits per heavy atom. The van der Waals surface area contributed by atoms with Crippen LogP contribution < -0.4 is 10.6 Å². The molecule has 0 radical (unpaired) electrons. The van der Waals surface area contributed by atoms with Gasteiger partial charge in [-0.25, -0.2) is 0 Å². The molecular formula is C15H18N4O2. The monoisotopic (exact) mass is 286 g/mol. The van der Waals surface area contributed by atoms with Crippen LogP contribution >= 0.6 is 0 Å².